The molecular weight excluding hydrogens is 230 g/mol. The molecule has 0 bridgehead atoms. The number of aliphatic hydroxyl groups excluding tert-OH is 1. The zero-order valence-electron chi connectivity index (χ0n) is 10.7. The van der Waals surface area contributed by atoms with Crippen LogP contribution in [-0.2, 0) is 0 Å². The van der Waals surface area contributed by atoms with Crippen LogP contribution in [0.25, 0.3) is 0 Å². The second-order valence-corrected chi connectivity index (χ2v) is 6.46. The van der Waals surface area contributed by atoms with Crippen molar-refractivity contribution in [2.75, 3.05) is 6.54 Å². The highest BCUT2D eigenvalue weighted by molar-refractivity contribution is 7.10. The van der Waals surface area contributed by atoms with Crippen LogP contribution in [0.3, 0.4) is 0 Å². The highest BCUT2D eigenvalue weighted by atomic mass is 32.1. The lowest BCUT2D eigenvalue weighted by molar-refractivity contribution is 0.176. The first kappa shape index (κ1) is 13.1. The summed E-state index contributed by atoms with van der Waals surface area (Å²) >= 11 is 1.83. The van der Waals surface area contributed by atoms with Crippen LogP contribution in [0.5, 0.6) is 0 Å². The maximum absolute atomic E-state index is 9.53. The molecule has 3 heteroatoms. The van der Waals surface area contributed by atoms with E-state index in [1.807, 2.05) is 11.3 Å². The Kier molecular flexibility index (Phi) is 4.60. The fourth-order valence-corrected chi connectivity index (χ4v) is 3.63. The van der Waals surface area contributed by atoms with Crippen LogP contribution in [0.4, 0.5) is 0 Å². The fraction of sp³-hybridized carbons (Fsp3) is 0.714. The second-order valence-electron chi connectivity index (χ2n) is 5.48. The molecule has 2 rings (SSSR count). The number of nitrogens with one attached hydrogen (secondary N) is 1. The molecule has 0 radical (unpaired) electrons. The summed E-state index contributed by atoms with van der Waals surface area (Å²) in [5.41, 5.74) is 0. The van der Waals surface area contributed by atoms with Crippen LogP contribution in [0.15, 0.2) is 17.5 Å². The van der Waals surface area contributed by atoms with Gasteiger partial charge in [0.2, 0.25) is 0 Å². The van der Waals surface area contributed by atoms with E-state index < -0.39 is 0 Å². The number of rotatable bonds is 5. The van der Waals surface area contributed by atoms with E-state index in [-0.39, 0.29) is 6.10 Å². The largest absolute Gasteiger partial charge is 0.393 e. The quantitative estimate of drug-likeness (QED) is 0.844. The first-order chi connectivity index (χ1) is 8.16. The smallest absolute Gasteiger partial charge is 0.0543 e. The van der Waals surface area contributed by atoms with Crippen LogP contribution >= 0.6 is 11.3 Å². The SMILES string of the molecule is CC(C)C(NCC1CCC(O)C1)c1cccs1. The Morgan fingerprint density at radius 2 is 2.29 bits per heavy atom. The molecule has 1 aromatic heterocycles. The average molecular weight is 253 g/mol. The molecule has 0 spiro atoms. The number of hydrogen-bond acceptors (Lipinski definition) is 3. The Labute approximate surface area is 108 Å². The van der Waals surface area contributed by atoms with Crippen LogP contribution < -0.4 is 5.32 Å². The van der Waals surface area contributed by atoms with Crippen molar-refractivity contribution < 1.29 is 5.11 Å². The molecule has 0 aliphatic heterocycles. The van der Waals surface area contributed by atoms with Crippen molar-refractivity contribution in [1.82, 2.24) is 5.32 Å². The molecule has 1 heterocycles. The van der Waals surface area contributed by atoms with Gasteiger partial charge in [-0.2, -0.15) is 0 Å². The van der Waals surface area contributed by atoms with Gasteiger partial charge in [-0.25, -0.2) is 0 Å². The monoisotopic (exact) mass is 253 g/mol. The van der Waals surface area contributed by atoms with Gasteiger partial charge in [0.05, 0.1) is 6.10 Å². The third-order valence-corrected chi connectivity index (χ3v) is 4.61. The molecule has 0 amide bonds. The van der Waals surface area contributed by atoms with Gasteiger partial charge in [-0.05, 0) is 49.1 Å². The van der Waals surface area contributed by atoms with Crippen LogP contribution in [-0.4, -0.2) is 17.8 Å². The molecular formula is C14H23NOS. The molecule has 1 saturated carbocycles. The first-order valence-corrected chi connectivity index (χ1v) is 7.49. The van der Waals surface area contributed by atoms with Crippen molar-refractivity contribution in [2.45, 2.75) is 45.3 Å². The van der Waals surface area contributed by atoms with Crippen molar-refractivity contribution in [1.29, 1.82) is 0 Å². The minimum Gasteiger partial charge on any atom is -0.393 e. The van der Waals surface area contributed by atoms with Crippen molar-refractivity contribution in [2.24, 2.45) is 11.8 Å². The van der Waals surface area contributed by atoms with Gasteiger partial charge >= 0.3 is 0 Å². The van der Waals surface area contributed by atoms with Crippen molar-refractivity contribution in [3.63, 3.8) is 0 Å². The average Bonchev–Trinajstić information content (AvgIpc) is 2.90. The topological polar surface area (TPSA) is 32.3 Å². The Morgan fingerprint density at radius 1 is 1.47 bits per heavy atom. The number of thiophene rings is 1. The van der Waals surface area contributed by atoms with Gasteiger partial charge in [0, 0.05) is 10.9 Å². The predicted molar refractivity (Wildman–Crippen MR) is 73.2 cm³/mol. The Hall–Kier alpha value is -0.380. The molecule has 96 valence electrons. The summed E-state index contributed by atoms with van der Waals surface area (Å²) in [4.78, 5) is 1.43. The first-order valence-electron chi connectivity index (χ1n) is 6.61. The van der Waals surface area contributed by atoms with E-state index in [9.17, 15) is 5.11 Å². The van der Waals surface area contributed by atoms with Crippen molar-refractivity contribution in [3.8, 4) is 0 Å². The molecule has 1 fully saturated rings. The maximum Gasteiger partial charge on any atom is 0.0543 e. The van der Waals surface area contributed by atoms with E-state index in [0.29, 0.717) is 17.9 Å². The molecule has 1 aliphatic rings. The summed E-state index contributed by atoms with van der Waals surface area (Å²) < 4.78 is 0. The summed E-state index contributed by atoms with van der Waals surface area (Å²) in [7, 11) is 0. The van der Waals surface area contributed by atoms with E-state index >= 15 is 0 Å². The Bertz CT molecular complexity index is 323. The second kappa shape index (κ2) is 5.98. The summed E-state index contributed by atoms with van der Waals surface area (Å²) in [6.07, 6.45) is 3.07. The zero-order chi connectivity index (χ0) is 12.3. The van der Waals surface area contributed by atoms with Crippen molar-refractivity contribution in [3.05, 3.63) is 22.4 Å². The molecule has 3 atom stereocenters. The van der Waals surface area contributed by atoms with Gasteiger partial charge < -0.3 is 10.4 Å². The minimum atomic E-state index is -0.0546. The summed E-state index contributed by atoms with van der Waals surface area (Å²) in [6, 6.07) is 4.80. The van der Waals surface area contributed by atoms with Gasteiger partial charge in [-0.1, -0.05) is 19.9 Å². The normalized spacial score (nSPS) is 26.6. The van der Waals surface area contributed by atoms with Gasteiger partial charge in [-0.3, -0.25) is 0 Å². The molecule has 3 unspecified atom stereocenters. The zero-order valence-corrected chi connectivity index (χ0v) is 11.5. The molecule has 1 aliphatic carbocycles. The number of aliphatic hydroxyl groups is 1. The Balaban J connectivity index is 1.86. The summed E-state index contributed by atoms with van der Waals surface area (Å²) in [5, 5.41) is 15.4. The van der Waals surface area contributed by atoms with Crippen LogP contribution in [0.2, 0.25) is 0 Å². The highest BCUT2D eigenvalue weighted by Gasteiger charge is 2.24. The molecule has 1 aromatic rings. The lowest BCUT2D eigenvalue weighted by Crippen LogP contribution is -2.29. The molecule has 0 saturated heterocycles. The maximum atomic E-state index is 9.53. The van der Waals surface area contributed by atoms with E-state index in [0.717, 1.165) is 19.4 Å². The summed E-state index contributed by atoms with van der Waals surface area (Å²) in [6.45, 7) is 5.57. The fourth-order valence-electron chi connectivity index (χ4n) is 2.66. The van der Waals surface area contributed by atoms with E-state index in [1.165, 1.54) is 11.3 Å². The third kappa shape index (κ3) is 3.54. The molecule has 2 N–H and O–H groups in total. The molecule has 2 nitrogen and oxygen atoms in total. The predicted octanol–water partition coefficient (Wildman–Crippen LogP) is 3.20. The van der Waals surface area contributed by atoms with E-state index in [2.05, 4.69) is 36.7 Å². The standard InChI is InChI=1S/C14H23NOS/c1-10(2)14(13-4-3-7-17-13)15-9-11-5-6-12(16)8-11/h3-4,7,10-12,14-16H,5-6,8-9H2,1-2H3. The third-order valence-electron chi connectivity index (χ3n) is 3.66. The summed E-state index contributed by atoms with van der Waals surface area (Å²) in [5.74, 6) is 1.27. The van der Waals surface area contributed by atoms with Gasteiger partial charge in [-0.15, -0.1) is 11.3 Å². The molecule has 17 heavy (non-hydrogen) atoms. The minimum absolute atomic E-state index is 0.0546. The highest BCUT2D eigenvalue weighted by Crippen LogP contribution is 2.29. The number of hydrogen-bond donors (Lipinski definition) is 2. The lowest BCUT2D eigenvalue weighted by Gasteiger charge is -2.23. The van der Waals surface area contributed by atoms with Gasteiger partial charge in [0.25, 0.3) is 0 Å². The lowest BCUT2D eigenvalue weighted by atomic mass is 10.0. The van der Waals surface area contributed by atoms with Gasteiger partial charge in [0.15, 0.2) is 0 Å². The van der Waals surface area contributed by atoms with E-state index in [4.69, 9.17) is 0 Å². The van der Waals surface area contributed by atoms with E-state index in [1.54, 1.807) is 0 Å². The Morgan fingerprint density at radius 3 is 2.82 bits per heavy atom. The van der Waals surface area contributed by atoms with Crippen molar-refractivity contribution >= 4 is 11.3 Å². The van der Waals surface area contributed by atoms with Crippen LogP contribution in [0.1, 0.15) is 44.0 Å². The van der Waals surface area contributed by atoms with Gasteiger partial charge in [0.1, 0.15) is 0 Å². The molecule has 0 aromatic carbocycles. The van der Waals surface area contributed by atoms with Crippen LogP contribution in [0, 0.1) is 11.8 Å².